The first-order valence-corrected chi connectivity index (χ1v) is 9.51. The van der Waals surface area contributed by atoms with Gasteiger partial charge in [-0.1, -0.05) is 60.1 Å². The fourth-order valence-corrected chi connectivity index (χ4v) is 3.80. The van der Waals surface area contributed by atoms with Crippen LogP contribution >= 0.6 is 11.6 Å². The molecule has 0 atom stereocenters. The van der Waals surface area contributed by atoms with Crippen LogP contribution in [0.4, 0.5) is 13.2 Å². The number of hydrogen-bond acceptors (Lipinski definition) is 3. The highest BCUT2D eigenvalue weighted by atomic mass is 35.5. The van der Waals surface area contributed by atoms with Crippen LogP contribution in [0.5, 0.6) is 5.75 Å². The van der Waals surface area contributed by atoms with Crippen molar-refractivity contribution in [2.24, 2.45) is 0 Å². The summed E-state index contributed by atoms with van der Waals surface area (Å²) in [7, 11) is -5.82. The second-order valence-electron chi connectivity index (χ2n) is 5.90. The lowest BCUT2D eigenvalue weighted by atomic mass is 9.96. The van der Waals surface area contributed by atoms with Crippen LogP contribution in [0.2, 0.25) is 5.02 Å². The van der Waals surface area contributed by atoms with E-state index in [1.807, 2.05) is 18.2 Å². The molecule has 4 aromatic rings. The van der Waals surface area contributed by atoms with E-state index in [1.54, 1.807) is 30.3 Å². The first kappa shape index (κ1) is 17.9. The number of halogens is 4. The lowest BCUT2D eigenvalue weighted by Crippen LogP contribution is -2.28. The summed E-state index contributed by atoms with van der Waals surface area (Å²) < 4.78 is 66.1. The van der Waals surface area contributed by atoms with Crippen LogP contribution in [-0.4, -0.2) is 13.9 Å². The largest absolute Gasteiger partial charge is 0.534 e. The minimum absolute atomic E-state index is 0.213. The second kappa shape index (κ2) is 6.00. The lowest BCUT2D eigenvalue weighted by molar-refractivity contribution is -0.0499. The molecule has 0 radical (unpaired) electrons. The Morgan fingerprint density at radius 1 is 0.778 bits per heavy atom. The highest BCUT2D eigenvalue weighted by Gasteiger charge is 2.48. The van der Waals surface area contributed by atoms with Gasteiger partial charge in [0.25, 0.3) is 0 Å². The van der Waals surface area contributed by atoms with Gasteiger partial charge in [0, 0.05) is 21.2 Å². The Bertz CT molecular complexity index is 1310. The maximum Gasteiger partial charge on any atom is 0.534 e. The molecule has 4 aromatic carbocycles. The minimum Gasteiger partial charge on any atom is -0.375 e. The predicted octanol–water partition coefficient (Wildman–Crippen LogP) is 6.03. The molecule has 0 aromatic heterocycles. The van der Waals surface area contributed by atoms with Crippen LogP contribution in [-0.2, 0) is 10.1 Å². The highest BCUT2D eigenvalue weighted by Crippen LogP contribution is 2.41. The van der Waals surface area contributed by atoms with Crippen molar-refractivity contribution < 1.29 is 25.8 Å². The molecule has 0 unspecified atom stereocenters. The SMILES string of the molecule is O=S(=O)(Oc1ccc(Cl)c2ccc3ccc4ccccc4c3c12)C(F)(F)F. The van der Waals surface area contributed by atoms with Crippen molar-refractivity contribution in [3.63, 3.8) is 0 Å². The number of benzene rings is 4. The van der Waals surface area contributed by atoms with E-state index in [0.717, 1.165) is 22.2 Å². The maximum absolute atomic E-state index is 12.8. The van der Waals surface area contributed by atoms with Gasteiger partial charge in [0.05, 0.1) is 0 Å². The summed E-state index contributed by atoms with van der Waals surface area (Å²) in [4.78, 5) is 0. The zero-order valence-electron chi connectivity index (χ0n) is 13.4. The fraction of sp³-hybridized carbons (Fsp3) is 0.0526. The average molecular weight is 411 g/mol. The number of alkyl halides is 3. The monoisotopic (exact) mass is 410 g/mol. The Morgan fingerprint density at radius 2 is 1.44 bits per heavy atom. The number of fused-ring (bicyclic) bond motifs is 5. The molecule has 0 aliphatic rings. The Balaban J connectivity index is 2.16. The Hall–Kier alpha value is -2.51. The van der Waals surface area contributed by atoms with Gasteiger partial charge in [0.2, 0.25) is 0 Å². The molecule has 138 valence electrons. The summed E-state index contributed by atoms with van der Waals surface area (Å²) in [6, 6.07) is 16.8. The van der Waals surface area contributed by atoms with E-state index in [0.29, 0.717) is 10.8 Å². The maximum atomic E-state index is 12.8. The Morgan fingerprint density at radius 3 is 2.19 bits per heavy atom. The van der Waals surface area contributed by atoms with Crippen molar-refractivity contribution in [3.8, 4) is 5.75 Å². The normalized spacial score (nSPS) is 12.7. The molecule has 27 heavy (non-hydrogen) atoms. The van der Waals surface area contributed by atoms with E-state index in [-0.39, 0.29) is 10.4 Å². The van der Waals surface area contributed by atoms with Crippen LogP contribution in [0.15, 0.2) is 60.7 Å². The van der Waals surface area contributed by atoms with E-state index in [1.165, 1.54) is 6.07 Å². The van der Waals surface area contributed by atoms with Gasteiger partial charge in [-0.3, -0.25) is 0 Å². The van der Waals surface area contributed by atoms with Crippen LogP contribution in [0.1, 0.15) is 0 Å². The van der Waals surface area contributed by atoms with Crippen LogP contribution < -0.4 is 4.18 Å². The quantitative estimate of drug-likeness (QED) is 0.230. The van der Waals surface area contributed by atoms with E-state index < -0.39 is 21.4 Å². The van der Waals surface area contributed by atoms with Gasteiger partial charge in [-0.25, -0.2) is 0 Å². The van der Waals surface area contributed by atoms with E-state index in [9.17, 15) is 21.6 Å². The molecule has 0 N–H and O–H groups in total. The van der Waals surface area contributed by atoms with Crippen molar-refractivity contribution >= 4 is 54.0 Å². The molecule has 0 spiro atoms. The van der Waals surface area contributed by atoms with Crippen molar-refractivity contribution in [2.45, 2.75) is 5.51 Å². The van der Waals surface area contributed by atoms with Crippen molar-refractivity contribution in [2.75, 3.05) is 0 Å². The van der Waals surface area contributed by atoms with Crippen molar-refractivity contribution in [1.29, 1.82) is 0 Å². The summed E-state index contributed by atoms with van der Waals surface area (Å²) in [5, 5.41) is 3.77. The predicted molar refractivity (Wildman–Crippen MR) is 99.6 cm³/mol. The summed E-state index contributed by atoms with van der Waals surface area (Å²) in [5.74, 6) is -0.423. The molecule has 0 saturated heterocycles. The molecular weight excluding hydrogens is 401 g/mol. The number of hydrogen-bond donors (Lipinski definition) is 0. The van der Waals surface area contributed by atoms with Crippen LogP contribution in [0.25, 0.3) is 32.3 Å². The van der Waals surface area contributed by atoms with Gasteiger partial charge in [0.15, 0.2) is 5.75 Å². The Kier molecular flexibility index (Phi) is 3.98. The highest BCUT2D eigenvalue weighted by molar-refractivity contribution is 7.88. The van der Waals surface area contributed by atoms with Gasteiger partial charge >= 0.3 is 15.6 Å². The minimum atomic E-state index is -5.82. The second-order valence-corrected chi connectivity index (χ2v) is 7.85. The zero-order chi connectivity index (χ0) is 19.4. The third-order valence-electron chi connectivity index (χ3n) is 4.28. The Labute approximate surface area is 157 Å². The summed E-state index contributed by atoms with van der Waals surface area (Å²) in [6.07, 6.45) is 0. The fourth-order valence-electron chi connectivity index (χ4n) is 3.11. The van der Waals surface area contributed by atoms with E-state index in [2.05, 4.69) is 4.18 Å². The molecule has 3 nitrogen and oxygen atoms in total. The molecule has 0 amide bonds. The van der Waals surface area contributed by atoms with Gasteiger partial charge in [-0.15, -0.1) is 0 Å². The van der Waals surface area contributed by atoms with Gasteiger partial charge in [-0.2, -0.15) is 21.6 Å². The average Bonchev–Trinajstić information content (AvgIpc) is 2.62. The van der Waals surface area contributed by atoms with Gasteiger partial charge in [-0.05, 0) is 28.3 Å². The topological polar surface area (TPSA) is 43.4 Å². The standard InChI is InChI=1S/C19H10ClF3O3S/c20-15-9-10-16(26-27(24,25)19(21,22)23)18-14(15)8-7-12-6-5-11-3-1-2-4-13(11)17(12)18/h1-10H. The third kappa shape index (κ3) is 2.87. The van der Waals surface area contributed by atoms with Crippen LogP contribution in [0.3, 0.4) is 0 Å². The summed E-state index contributed by atoms with van der Waals surface area (Å²) >= 11 is 6.21. The van der Waals surface area contributed by atoms with E-state index >= 15 is 0 Å². The lowest BCUT2D eigenvalue weighted by Gasteiger charge is -2.15. The third-order valence-corrected chi connectivity index (χ3v) is 5.57. The van der Waals surface area contributed by atoms with Crippen LogP contribution in [0, 0.1) is 0 Å². The number of rotatable bonds is 2. The molecule has 0 bridgehead atoms. The molecule has 0 heterocycles. The van der Waals surface area contributed by atoms with E-state index in [4.69, 9.17) is 11.6 Å². The molecule has 4 rings (SSSR count). The molecule has 0 fully saturated rings. The smallest absolute Gasteiger partial charge is 0.375 e. The molecule has 0 saturated carbocycles. The zero-order valence-corrected chi connectivity index (χ0v) is 15.0. The van der Waals surface area contributed by atoms with Crippen molar-refractivity contribution in [3.05, 3.63) is 65.7 Å². The molecular formula is C19H10ClF3O3S. The molecule has 0 aliphatic heterocycles. The summed E-state index contributed by atoms with van der Waals surface area (Å²) in [6.45, 7) is 0. The van der Waals surface area contributed by atoms with Crippen molar-refractivity contribution in [1.82, 2.24) is 0 Å². The van der Waals surface area contributed by atoms with Gasteiger partial charge in [0.1, 0.15) is 0 Å². The first-order chi connectivity index (χ1) is 12.7. The molecule has 0 aliphatic carbocycles. The summed E-state index contributed by atoms with van der Waals surface area (Å²) in [5.41, 5.74) is -5.54. The molecule has 8 heteroatoms. The van der Waals surface area contributed by atoms with Gasteiger partial charge < -0.3 is 4.18 Å². The first-order valence-electron chi connectivity index (χ1n) is 7.72.